The van der Waals surface area contributed by atoms with Crippen LogP contribution in [0.3, 0.4) is 0 Å². The number of halogens is 2. The van der Waals surface area contributed by atoms with Gasteiger partial charge in [0.1, 0.15) is 16.8 Å². The van der Waals surface area contributed by atoms with Crippen LogP contribution in [0.1, 0.15) is 13.3 Å². The molecular formula is C12H15BrFN3O3S. The quantitative estimate of drug-likeness (QED) is 0.768. The minimum Gasteiger partial charge on any atom is -0.398 e. The minimum absolute atomic E-state index is 0.00443. The molecule has 0 bridgehead atoms. The number of hydrogen-bond acceptors (Lipinski definition) is 4. The molecule has 0 aromatic heterocycles. The third-order valence-electron chi connectivity index (χ3n) is 3.31. The number of benzene rings is 1. The average Bonchev–Trinajstić information content (AvgIpc) is 2.42. The van der Waals surface area contributed by atoms with Crippen molar-refractivity contribution < 1.29 is 17.6 Å². The number of hydrogen-bond donors (Lipinski definition) is 2. The van der Waals surface area contributed by atoms with Crippen molar-refractivity contribution in [3.05, 3.63) is 22.4 Å². The maximum atomic E-state index is 13.4. The van der Waals surface area contributed by atoms with Crippen LogP contribution in [0.5, 0.6) is 0 Å². The van der Waals surface area contributed by atoms with Crippen molar-refractivity contribution in [2.24, 2.45) is 0 Å². The average molecular weight is 380 g/mol. The number of rotatable bonds is 3. The minimum atomic E-state index is -3.98. The van der Waals surface area contributed by atoms with Gasteiger partial charge in [0.15, 0.2) is 0 Å². The number of nitrogens with two attached hydrogens (primary N) is 1. The van der Waals surface area contributed by atoms with Crippen molar-refractivity contribution in [1.29, 1.82) is 0 Å². The van der Waals surface area contributed by atoms with Crippen LogP contribution in [0.2, 0.25) is 0 Å². The van der Waals surface area contributed by atoms with Gasteiger partial charge in [-0.1, -0.05) is 6.92 Å². The highest BCUT2D eigenvalue weighted by molar-refractivity contribution is 9.10. The lowest BCUT2D eigenvalue weighted by Gasteiger charge is -2.33. The molecule has 1 aliphatic heterocycles. The van der Waals surface area contributed by atoms with E-state index in [0.717, 1.165) is 16.4 Å². The molecular weight excluding hydrogens is 365 g/mol. The van der Waals surface area contributed by atoms with Crippen molar-refractivity contribution in [3.63, 3.8) is 0 Å². The summed E-state index contributed by atoms with van der Waals surface area (Å²) in [6.07, 6.45) is 0.341. The number of carbonyl (C=O) groups excluding carboxylic acids is 1. The van der Waals surface area contributed by atoms with Crippen molar-refractivity contribution in [3.8, 4) is 0 Å². The molecule has 1 amide bonds. The van der Waals surface area contributed by atoms with E-state index in [0.29, 0.717) is 6.42 Å². The summed E-state index contributed by atoms with van der Waals surface area (Å²) in [7, 11) is -3.98. The SMILES string of the molecule is CCC1C(=O)NCCN1S(=O)(=O)c1cc(Br)c(F)cc1N. The summed E-state index contributed by atoms with van der Waals surface area (Å²) in [5.41, 5.74) is 5.45. The van der Waals surface area contributed by atoms with Gasteiger partial charge >= 0.3 is 0 Å². The molecule has 1 heterocycles. The fraction of sp³-hybridized carbons (Fsp3) is 0.417. The topological polar surface area (TPSA) is 92.5 Å². The number of anilines is 1. The largest absolute Gasteiger partial charge is 0.398 e. The van der Waals surface area contributed by atoms with Gasteiger partial charge in [0.05, 0.1) is 10.2 Å². The predicted molar refractivity (Wildman–Crippen MR) is 79.5 cm³/mol. The lowest BCUT2D eigenvalue weighted by molar-refractivity contribution is -0.126. The first-order valence-corrected chi connectivity index (χ1v) is 8.56. The lowest BCUT2D eigenvalue weighted by atomic mass is 10.2. The van der Waals surface area contributed by atoms with E-state index in [1.54, 1.807) is 6.92 Å². The number of amides is 1. The Hall–Kier alpha value is -1.19. The number of nitrogen functional groups attached to an aromatic ring is 1. The molecule has 1 aliphatic rings. The molecule has 0 radical (unpaired) electrons. The molecule has 0 saturated carbocycles. The summed E-state index contributed by atoms with van der Waals surface area (Å²) in [4.78, 5) is 11.6. The molecule has 1 saturated heterocycles. The maximum Gasteiger partial charge on any atom is 0.245 e. The molecule has 116 valence electrons. The van der Waals surface area contributed by atoms with E-state index in [1.807, 2.05) is 0 Å². The van der Waals surface area contributed by atoms with Gasteiger partial charge in [-0.25, -0.2) is 12.8 Å². The first-order chi connectivity index (χ1) is 9.78. The van der Waals surface area contributed by atoms with E-state index in [9.17, 15) is 17.6 Å². The summed E-state index contributed by atoms with van der Waals surface area (Å²) < 4.78 is 39.9. The molecule has 21 heavy (non-hydrogen) atoms. The van der Waals surface area contributed by atoms with E-state index in [2.05, 4.69) is 21.2 Å². The van der Waals surface area contributed by atoms with E-state index in [4.69, 9.17) is 5.73 Å². The molecule has 0 aliphatic carbocycles. The Morgan fingerprint density at radius 3 is 2.81 bits per heavy atom. The zero-order valence-corrected chi connectivity index (χ0v) is 13.7. The van der Waals surface area contributed by atoms with Crippen molar-refractivity contribution in [1.82, 2.24) is 9.62 Å². The molecule has 3 N–H and O–H groups in total. The number of carbonyl (C=O) groups is 1. The Bertz CT molecular complexity index is 681. The number of piperazine rings is 1. The first kappa shape index (κ1) is 16.2. The van der Waals surface area contributed by atoms with E-state index in [-0.39, 0.29) is 34.1 Å². The summed E-state index contributed by atoms with van der Waals surface area (Å²) in [5.74, 6) is -0.984. The van der Waals surface area contributed by atoms with Gasteiger partial charge < -0.3 is 11.1 Å². The number of nitrogens with zero attached hydrogens (tertiary/aromatic N) is 1. The summed E-state index contributed by atoms with van der Waals surface area (Å²) in [6.45, 7) is 2.11. The van der Waals surface area contributed by atoms with Crippen LogP contribution in [0.25, 0.3) is 0 Å². The molecule has 2 rings (SSSR count). The second-order valence-corrected chi connectivity index (χ2v) is 7.35. The van der Waals surface area contributed by atoms with Crippen LogP contribution in [0.15, 0.2) is 21.5 Å². The second kappa shape index (κ2) is 5.90. The van der Waals surface area contributed by atoms with Gasteiger partial charge in [0.25, 0.3) is 0 Å². The van der Waals surface area contributed by atoms with E-state index < -0.39 is 21.9 Å². The highest BCUT2D eigenvalue weighted by Crippen LogP contribution is 2.30. The van der Waals surface area contributed by atoms with Gasteiger partial charge in [-0.2, -0.15) is 4.31 Å². The van der Waals surface area contributed by atoms with E-state index in [1.165, 1.54) is 0 Å². The molecule has 0 spiro atoms. The monoisotopic (exact) mass is 379 g/mol. The zero-order valence-electron chi connectivity index (χ0n) is 11.3. The fourth-order valence-corrected chi connectivity index (χ4v) is 4.55. The van der Waals surface area contributed by atoms with Crippen LogP contribution in [0.4, 0.5) is 10.1 Å². The number of nitrogens with one attached hydrogen (secondary N) is 1. The Morgan fingerprint density at radius 1 is 1.52 bits per heavy atom. The zero-order chi connectivity index (χ0) is 15.8. The normalized spacial score (nSPS) is 20.3. The maximum absolute atomic E-state index is 13.4. The summed E-state index contributed by atoms with van der Waals surface area (Å²) >= 11 is 2.95. The Balaban J connectivity index is 2.51. The van der Waals surface area contributed by atoms with Crippen LogP contribution >= 0.6 is 15.9 Å². The molecule has 6 nitrogen and oxygen atoms in total. The third-order valence-corrected chi connectivity index (χ3v) is 5.88. The smallest absolute Gasteiger partial charge is 0.245 e. The van der Waals surface area contributed by atoms with Crippen molar-refractivity contribution >= 4 is 37.5 Å². The summed E-state index contributed by atoms with van der Waals surface area (Å²) in [5, 5.41) is 2.63. The van der Waals surface area contributed by atoms with Crippen LogP contribution in [-0.4, -0.2) is 37.8 Å². The van der Waals surface area contributed by atoms with Gasteiger partial charge in [-0.15, -0.1) is 0 Å². The Labute approximate surface area is 130 Å². The van der Waals surface area contributed by atoms with Gasteiger partial charge in [0, 0.05) is 13.1 Å². The lowest BCUT2D eigenvalue weighted by Crippen LogP contribution is -2.56. The molecule has 9 heteroatoms. The van der Waals surface area contributed by atoms with E-state index >= 15 is 0 Å². The van der Waals surface area contributed by atoms with Gasteiger partial charge in [0.2, 0.25) is 15.9 Å². The first-order valence-electron chi connectivity index (χ1n) is 6.33. The van der Waals surface area contributed by atoms with Crippen LogP contribution in [0, 0.1) is 5.82 Å². The Morgan fingerprint density at radius 2 is 2.19 bits per heavy atom. The molecule has 1 aromatic carbocycles. The number of sulfonamides is 1. The Kier molecular flexibility index (Phi) is 4.54. The van der Waals surface area contributed by atoms with Crippen LogP contribution < -0.4 is 11.1 Å². The predicted octanol–water partition coefficient (Wildman–Crippen LogP) is 1.07. The van der Waals surface area contributed by atoms with Gasteiger partial charge in [-0.05, 0) is 34.5 Å². The highest BCUT2D eigenvalue weighted by Gasteiger charge is 2.38. The van der Waals surface area contributed by atoms with Gasteiger partial charge in [-0.3, -0.25) is 4.79 Å². The fourth-order valence-electron chi connectivity index (χ4n) is 2.26. The van der Waals surface area contributed by atoms with Crippen molar-refractivity contribution in [2.45, 2.75) is 24.3 Å². The van der Waals surface area contributed by atoms with Crippen molar-refractivity contribution in [2.75, 3.05) is 18.8 Å². The standard InChI is InChI=1S/C12H15BrFN3O3S/c1-2-10-12(18)16-3-4-17(10)21(19,20)11-5-7(13)8(14)6-9(11)15/h5-6,10H,2-4,15H2,1H3,(H,16,18). The molecule has 1 unspecified atom stereocenters. The molecule has 1 fully saturated rings. The molecule has 1 aromatic rings. The third kappa shape index (κ3) is 2.90. The highest BCUT2D eigenvalue weighted by atomic mass is 79.9. The van der Waals surface area contributed by atoms with Crippen LogP contribution in [-0.2, 0) is 14.8 Å². The summed E-state index contributed by atoms with van der Waals surface area (Å²) in [6, 6.07) is 1.29. The molecule has 1 atom stereocenters. The second-order valence-electron chi connectivity index (χ2n) is 4.63.